The van der Waals surface area contributed by atoms with Crippen molar-refractivity contribution in [2.24, 2.45) is 5.92 Å². The normalized spacial score (nSPS) is 13.1. The number of carbonyl (C=O) groups is 2. The molecule has 0 saturated carbocycles. The van der Waals surface area contributed by atoms with Crippen molar-refractivity contribution in [3.63, 3.8) is 0 Å². The highest BCUT2D eigenvalue weighted by molar-refractivity contribution is 5.90. The van der Waals surface area contributed by atoms with Gasteiger partial charge in [-0.3, -0.25) is 9.59 Å². The van der Waals surface area contributed by atoms with E-state index in [1.807, 2.05) is 78.9 Å². The standard InChI is InChI=1S/C33H27NO4/c35-32(37-21-29-26-14-6-4-12-24(26)25-13-5-7-15-27(25)29)19-23(18-22-10-2-1-3-11-22)33(36)38-31-20-34-30-17-9-8-16-28(30)31/h1-17,20,23,29,34H,18-19,21H2. The van der Waals surface area contributed by atoms with Crippen LogP contribution in [0, 0.1) is 5.92 Å². The molecule has 1 heterocycles. The highest BCUT2D eigenvalue weighted by atomic mass is 16.5. The number of nitrogens with one attached hydrogen (secondary N) is 1. The van der Waals surface area contributed by atoms with Gasteiger partial charge in [-0.15, -0.1) is 0 Å². The number of aromatic nitrogens is 1. The van der Waals surface area contributed by atoms with Gasteiger partial charge in [0.1, 0.15) is 6.61 Å². The van der Waals surface area contributed by atoms with Gasteiger partial charge in [0.15, 0.2) is 5.75 Å². The summed E-state index contributed by atoms with van der Waals surface area (Å²) < 4.78 is 11.6. The molecule has 5 heteroatoms. The number of rotatable bonds is 8. The van der Waals surface area contributed by atoms with E-state index in [9.17, 15) is 9.59 Å². The lowest BCUT2D eigenvalue weighted by Gasteiger charge is -2.17. The Kier molecular flexibility index (Phi) is 6.49. The fourth-order valence-corrected chi connectivity index (χ4v) is 5.33. The Hall–Kier alpha value is -4.64. The summed E-state index contributed by atoms with van der Waals surface area (Å²) in [5.74, 6) is -1.12. The van der Waals surface area contributed by atoms with E-state index >= 15 is 0 Å². The molecule has 1 atom stereocenters. The Morgan fingerprint density at radius 1 is 0.763 bits per heavy atom. The van der Waals surface area contributed by atoms with Gasteiger partial charge >= 0.3 is 11.9 Å². The summed E-state index contributed by atoms with van der Waals surface area (Å²) in [6.07, 6.45) is 1.99. The third-order valence-corrected chi connectivity index (χ3v) is 7.21. The van der Waals surface area contributed by atoms with Crippen LogP contribution in [-0.4, -0.2) is 23.5 Å². The molecular formula is C33H27NO4. The van der Waals surface area contributed by atoms with Crippen molar-refractivity contribution in [3.8, 4) is 16.9 Å². The second-order valence-corrected chi connectivity index (χ2v) is 9.62. The summed E-state index contributed by atoms with van der Waals surface area (Å²) >= 11 is 0. The lowest BCUT2D eigenvalue weighted by Crippen LogP contribution is -2.26. The number of hydrogen-bond acceptors (Lipinski definition) is 4. The van der Waals surface area contributed by atoms with Gasteiger partial charge in [-0.05, 0) is 46.4 Å². The molecule has 0 amide bonds. The molecule has 0 spiro atoms. The van der Waals surface area contributed by atoms with Crippen LogP contribution in [0.2, 0.25) is 0 Å². The summed E-state index contributed by atoms with van der Waals surface area (Å²) in [4.78, 5) is 29.6. The number of ether oxygens (including phenoxy) is 2. The van der Waals surface area contributed by atoms with E-state index in [1.54, 1.807) is 6.20 Å². The van der Waals surface area contributed by atoms with Crippen LogP contribution in [-0.2, 0) is 20.7 Å². The lowest BCUT2D eigenvalue weighted by atomic mass is 9.96. The molecule has 4 aromatic carbocycles. The van der Waals surface area contributed by atoms with Crippen LogP contribution in [0.1, 0.15) is 29.0 Å². The molecule has 0 fully saturated rings. The molecule has 188 valence electrons. The van der Waals surface area contributed by atoms with E-state index in [4.69, 9.17) is 9.47 Å². The number of para-hydroxylation sites is 1. The van der Waals surface area contributed by atoms with E-state index < -0.39 is 17.9 Å². The molecule has 5 aromatic rings. The van der Waals surface area contributed by atoms with Crippen molar-refractivity contribution in [2.45, 2.75) is 18.8 Å². The molecule has 5 nitrogen and oxygen atoms in total. The van der Waals surface area contributed by atoms with Crippen LogP contribution >= 0.6 is 0 Å². The van der Waals surface area contributed by atoms with Crippen molar-refractivity contribution < 1.29 is 19.1 Å². The van der Waals surface area contributed by atoms with Crippen LogP contribution in [0.5, 0.6) is 5.75 Å². The van der Waals surface area contributed by atoms with Crippen molar-refractivity contribution in [2.75, 3.05) is 6.61 Å². The molecule has 0 radical (unpaired) electrons. The second kappa shape index (κ2) is 10.4. The minimum absolute atomic E-state index is 0.0305. The Balaban J connectivity index is 1.18. The lowest BCUT2D eigenvalue weighted by molar-refractivity contribution is -0.150. The minimum atomic E-state index is -0.679. The monoisotopic (exact) mass is 501 g/mol. The van der Waals surface area contributed by atoms with Gasteiger partial charge < -0.3 is 14.5 Å². The van der Waals surface area contributed by atoms with E-state index in [0.29, 0.717) is 12.2 Å². The Labute approximate surface area is 221 Å². The first-order valence-corrected chi connectivity index (χ1v) is 12.8. The molecular weight excluding hydrogens is 474 g/mol. The topological polar surface area (TPSA) is 68.4 Å². The van der Waals surface area contributed by atoms with Gasteiger partial charge in [-0.25, -0.2) is 0 Å². The smallest absolute Gasteiger partial charge is 0.315 e. The molecule has 1 aliphatic carbocycles. The second-order valence-electron chi connectivity index (χ2n) is 9.62. The summed E-state index contributed by atoms with van der Waals surface area (Å²) in [6, 6.07) is 33.7. The maximum absolute atomic E-state index is 13.3. The van der Waals surface area contributed by atoms with Crippen LogP contribution in [0.25, 0.3) is 22.0 Å². The van der Waals surface area contributed by atoms with Gasteiger partial charge in [0.05, 0.1) is 12.3 Å². The zero-order valence-electron chi connectivity index (χ0n) is 20.8. The van der Waals surface area contributed by atoms with Gasteiger partial charge in [-0.2, -0.15) is 0 Å². The predicted molar refractivity (Wildman–Crippen MR) is 147 cm³/mol. The highest BCUT2D eigenvalue weighted by Gasteiger charge is 2.30. The quantitative estimate of drug-likeness (QED) is 0.241. The zero-order valence-corrected chi connectivity index (χ0v) is 20.8. The van der Waals surface area contributed by atoms with Gasteiger partial charge in [0.25, 0.3) is 0 Å². The molecule has 1 N–H and O–H groups in total. The van der Waals surface area contributed by atoms with Crippen molar-refractivity contribution in [3.05, 3.63) is 126 Å². The number of esters is 2. The average molecular weight is 502 g/mol. The van der Waals surface area contributed by atoms with E-state index in [-0.39, 0.29) is 18.9 Å². The van der Waals surface area contributed by atoms with E-state index in [2.05, 4.69) is 29.2 Å². The SMILES string of the molecule is O=C(CC(Cc1ccccc1)C(=O)Oc1c[nH]c2ccccc12)OCC1c2ccccc2-c2ccccc21. The van der Waals surface area contributed by atoms with Crippen molar-refractivity contribution >= 4 is 22.8 Å². The molecule has 1 aromatic heterocycles. The molecule has 6 rings (SSSR count). The number of carbonyl (C=O) groups excluding carboxylic acids is 2. The molecule has 1 aliphatic rings. The summed E-state index contributed by atoms with van der Waals surface area (Å²) in [7, 11) is 0. The van der Waals surface area contributed by atoms with Crippen LogP contribution < -0.4 is 4.74 Å². The van der Waals surface area contributed by atoms with Gasteiger partial charge in [-0.1, -0.05) is 91.0 Å². The maximum Gasteiger partial charge on any atom is 0.315 e. The molecule has 1 unspecified atom stereocenters. The van der Waals surface area contributed by atoms with Crippen LogP contribution in [0.15, 0.2) is 109 Å². The van der Waals surface area contributed by atoms with Gasteiger partial charge in [0.2, 0.25) is 0 Å². The Morgan fingerprint density at radius 3 is 2.13 bits per heavy atom. The fourth-order valence-electron chi connectivity index (χ4n) is 5.33. The first kappa shape index (κ1) is 23.7. The van der Waals surface area contributed by atoms with Crippen LogP contribution in [0.4, 0.5) is 0 Å². The van der Waals surface area contributed by atoms with Crippen molar-refractivity contribution in [1.82, 2.24) is 4.98 Å². The van der Waals surface area contributed by atoms with E-state index in [0.717, 1.165) is 27.6 Å². The van der Waals surface area contributed by atoms with Gasteiger partial charge in [0, 0.05) is 23.0 Å². The third kappa shape index (κ3) is 4.71. The largest absolute Gasteiger partial charge is 0.465 e. The number of aromatic amines is 1. The number of H-pyrrole nitrogens is 1. The average Bonchev–Trinajstić information content (AvgIpc) is 3.51. The highest BCUT2D eigenvalue weighted by Crippen LogP contribution is 2.44. The Bertz CT molecular complexity index is 1560. The number of hydrogen-bond donors (Lipinski definition) is 1. The molecule has 0 saturated heterocycles. The van der Waals surface area contributed by atoms with E-state index in [1.165, 1.54) is 11.1 Å². The van der Waals surface area contributed by atoms with Crippen molar-refractivity contribution in [1.29, 1.82) is 0 Å². The Morgan fingerprint density at radius 2 is 1.39 bits per heavy atom. The molecule has 0 bridgehead atoms. The predicted octanol–water partition coefficient (Wildman–Crippen LogP) is 6.68. The number of benzene rings is 4. The summed E-state index contributed by atoms with van der Waals surface area (Å²) in [6.45, 7) is 0.225. The first-order valence-electron chi connectivity index (χ1n) is 12.8. The fraction of sp³-hybridized carbons (Fsp3) is 0.152. The molecule has 0 aliphatic heterocycles. The molecule has 38 heavy (non-hydrogen) atoms. The first-order chi connectivity index (χ1) is 18.7. The number of fused-ring (bicyclic) bond motifs is 4. The minimum Gasteiger partial charge on any atom is -0.465 e. The summed E-state index contributed by atoms with van der Waals surface area (Å²) in [5, 5.41) is 0.820. The summed E-state index contributed by atoms with van der Waals surface area (Å²) in [5.41, 5.74) is 6.50. The third-order valence-electron chi connectivity index (χ3n) is 7.21. The maximum atomic E-state index is 13.3. The zero-order chi connectivity index (χ0) is 25.9. The van der Waals surface area contributed by atoms with Crippen LogP contribution in [0.3, 0.4) is 0 Å².